The minimum Gasteiger partial charge on any atom is -0.271 e. The van der Waals surface area contributed by atoms with Crippen molar-refractivity contribution in [1.82, 2.24) is 5.43 Å². The molecule has 0 aliphatic carbocycles. The molecule has 1 aromatic rings. The molecule has 15 heavy (non-hydrogen) atoms. The van der Waals surface area contributed by atoms with Crippen LogP contribution in [0.2, 0.25) is 0 Å². The SMILES string of the molecule is CCCC(C)CC(NN)c1ccccc1. The zero-order chi connectivity index (χ0) is 11.1. The number of benzene rings is 1. The van der Waals surface area contributed by atoms with Gasteiger partial charge in [-0.3, -0.25) is 11.3 Å². The Balaban J connectivity index is 2.56. The number of rotatable bonds is 6. The van der Waals surface area contributed by atoms with E-state index in [-0.39, 0.29) is 6.04 Å². The summed E-state index contributed by atoms with van der Waals surface area (Å²) in [6.07, 6.45) is 3.62. The van der Waals surface area contributed by atoms with E-state index in [9.17, 15) is 0 Å². The molecule has 0 aliphatic heterocycles. The fourth-order valence-electron chi connectivity index (χ4n) is 2.00. The van der Waals surface area contributed by atoms with E-state index >= 15 is 0 Å². The Hall–Kier alpha value is -0.860. The standard InChI is InChI=1S/C13H22N2/c1-3-7-11(2)10-13(15-14)12-8-5-4-6-9-12/h4-6,8-9,11,13,15H,3,7,10,14H2,1-2H3. The van der Waals surface area contributed by atoms with Gasteiger partial charge >= 0.3 is 0 Å². The van der Waals surface area contributed by atoms with Crippen LogP contribution in [0.1, 0.15) is 44.7 Å². The van der Waals surface area contributed by atoms with Gasteiger partial charge in [0.05, 0.1) is 0 Å². The Bertz CT molecular complexity index is 258. The van der Waals surface area contributed by atoms with Crippen molar-refractivity contribution in [3.05, 3.63) is 35.9 Å². The first-order valence-corrected chi connectivity index (χ1v) is 5.79. The second-order valence-electron chi connectivity index (χ2n) is 4.26. The number of nitrogens with two attached hydrogens (primary N) is 1. The first-order valence-electron chi connectivity index (χ1n) is 5.79. The summed E-state index contributed by atoms with van der Waals surface area (Å²) in [6, 6.07) is 10.7. The van der Waals surface area contributed by atoms with Crippen LogP contribution < -0.4 is 11.3 Å². The van der Waals surface area contributed by atoms with Gasteiger partial charge in [0.1, 0.15) is 0 Å². The summed E-state index contributed by atoms with van der Waals surface area (Å²) in [5.74, 6) is 6.32. The van der Waals surface area contributed by atoms with Gasteiger partial charge in [0.25, 0.3) is 0 Å². The highest BCUT2D eigenvalue weighted by Crippen LogP contribution is 2.22. The van der Waals surface area contributed by atoms with Crippen molar-refractivity contribution in [3.8, 4) is 0 Å². The maximum Gasteiger partial charge on any atom is 0.0462 e. The average molecular weight is 206 g/mol. The molecule has 0 saturated carbocycles. The predicted octanol–water partition coefficient (Wildman–Crippen LogP) is 3.02. The Kier molecular flexibility index (Phi) is 5.37. The topological polar surface area (TPSA) is 38.0 Å². The predicted molar refractivity (Wildman–Crippen MR) is 65.2 cm³/mol. The van der Waals surface area contributed by atoms with Gasteiger partial charge < -0.3 is 0 Å². The van der Waals surface area contributed by atoms with E-state index in [1.165, 1.54) is 18.4 Å². The fourth-order valence-corrected chi connectivity index (χ4v) is 2.00. The summed E-state index contributed by atoms with van der Waals surface area (Å²) in [7, 11) is 0. The van der Waals surface area contributed by atoms with E-state index in [1.54, 1.807) is 0 Å². The van der Waals surface area contributed by atoms with Crippen molar-refractivity contribution >= 4 is 0 Å². The van der Waals surface area contributed by atoms with Crippen LogP contribution in [0.25, 0.3) is 0 Å². The molecule has 3 N–H and O–H groups in total. The molecule has 0 radical (unpaired) electrons. The van der Waals surface area contributed by atoms with E-state index in [0.29, 0.717) is 0 Å². The van der Waals surface area contributed by atoms with Crippen LogP contribution in [-0.2, 0) is 0 Å². The molecule has 2 nitrogen and oxygen atoms in total. The summed E-state index contributed by atoms with van der Waals surface area (Å²) in [6.45, 7) is 4.51. The molecule has 0 bridgehead atoms. The summed E-state index contributed by atoms with van der Waals surface area (Å²) in [5, 5.41) is 0. The molecule has 0 aliphatic rings. The summed E-state index contributed by atoms with van der Waals surface area (Å²) in [5.41, 5.74) is 4.19. The summed E-state index contributed by atoms with van der Waals surface area (Å²) in [4.78, 5) is 0. The molecule has 1 aromatic carbocycles. The van der Waals surface area contributed by atoms with E-state index in [0.717, 1.165) is 12.3 Å². The minimum atomic E-state index is 0.285. The smallest absolute Gasteiger partial charge is 0.0462 e. The largest absolute Gasteiger partial charge is 0.271 e. The molecule has 0 heterocycles. The average Bonchev–Trinajstić information content (AvgIpc) is 2.27. The Morgan fingerprint density at radius 2 is 1.93 bits per heavy atom. The second kappa shape index (κ2) is 6.59. The van der Waals surface area contributed by atoms with Gasteiger partial charge in [0, 0.05) is 6.04 Å². The van der Waals surface area contributed by atoms with Gasteiger partial charge in [0.2, 0.25) is 0 Å². The van der Waals surface area contributed by atoms with Crippen LogP contribution in [0, 0.1) is 5.92 Å². The molecule has 1 rings (SSSR count). The molecule has 2 atom stereocenters. The van der Waals surface area contributed by atoms with Gasteiger partial charge in [-0.25, -0.2) is 0 Å². The first kappa shape index (κ1) is 12.2. The quantitative estimate of drug-likeness (QED) is 0.554. The van der Waals surface area contributed by atoms with Crippen LogP contribution in [-0.4, -0.2) is 0 Å². The third-order valence-corrected chi connectivity index (χ3v) is 2.82. The van der Waals surface area contributed by atoms with Crippen LogP contribution in [0.3, 0.4) is 0 Å². The van der Waals surface area contributed by atoms with Crippen LogP contribution in [0.5, 0.6) is 0 Å². The number of nitrogens with one attached hydrogen (secondary N) is 1. The number of hydrogen-bond donors (Lipinski definition) is 2. The van der Waals surface area contributed by atoms with Crippen molar-refractivity contribution in [2.75, 3.05) is 0 Å². The molecule has 84 valence electrons. The maximum absolute atomic E-state index is 5.60. The van der Waals surface area contributed by atoms with Crippen LogP contribution in [0.15, 0.2) is 30.3 Å². The highest BCUT2D eigenvalue weighted by Gasteiger charge is 2.12. The molecular formula is C13H22N2. The fraction of sp³-hybridized carbons (Fsp3) is 0.538. The zero-order valence-corrected chi connectivity index (χ0v) is 9.74. The van der Waals surface area contributed by atoms with Crippen molar-refractivity contribution in [3.63, 3.8) is 0 Å². The lowest BCUT2D eigenvalue weighted by molar-refractivity contribution is 0.394. The molecular weight excluding hydrogens is 184 g/mol. The van der Waals surface area contributed by atoms with Crippen molar-refractivity contribution < 1.29 is 0 Å². The monoisotopic (exact) mass is 206 g/mol. The minimum absolute atomic E-state index is 0.285. The van der Waals surface area contributed by atoms with Gasteiger partial charge in [-0.15, -0.1) is 0 Å². The number of hydrazine groups is 1. The lowest BCUT2D eigenvalue weighted by atomic mass is 9.93. The summed E-state index contributed by atoms with van der Waals surface area (Å²) < 4.78 is 0. The van der Waals surface area contributed by atoms with Gasteiger partial charge in [-0.2, -0.15) is 0 Å². The third-order valence-electron chi connectivity index (χ3n) is 2.82. The lowest BCUT2D eigenvalue weighted by Gasteiger charge is -2.20. The van der Waals surface area contributed by atoms with Crippen molar-refractivity contribution in [2.24, 2.45) is 11.8 Å². The third kappa shape index (κ3) is 4.02. The van der Waals surface area contributed by atoms with Gasteiger partial charge in [-0.05, 0) is 17.9 Å². The molecule has 0 fully saturated rings. The first-order chi connectivity index (χ1) is 7.27. The maximum atomic E-state index is 5.60. The molecule has 0 spiro atoms. The van der Waals surface area contributed by atoms with Crippen molar-refractivity contribution in [2.45, 2.75) is 39.2 Å². The van der Waals surface area contributed by atoms with E-state index in [2.05, 4.69) is 43.5 Å². The molecule has 0 aromatic heterocycles. The zero-order valence-electron chi connectivity index (χ0n) is 9.74. The van der Waals surface area contributed by atoms with Gasteiger partial charge in [0.15, 0.2) is 0 Å². The van der Waals surface area contributed by atoms with E-state index in [1.807, 2.05) is 6.07 Å². The molecule has 2 heteroatoms. The van der Waals surface area contributed by atoms with Gasteiger partial charge in [-0.1, -0.05) is 57.0 Å². The Morgan fingerprint density at radius 3 is 2.47 bits per heavy atom. The molecule has 2 unspecified atom stereocenters. The highest BCUT2D eigenvalue weighted by molar-refractivity contribution is 5.18. The summed E-state index contributed by atoms with van der Waals surface area (Å²) >= 11 is 0. The Labute approximate surface area is 92.8 Å². The van der Waals surface area contributed by atoms with Crippen molar-refractivity contribution in [1.29, 1.82) is 0 Å². The number of hydrogen-bond acceptors (Lipinski definition) is 2. The molecule has 0 saturated heterocycles. The lowest BCUT2D eigenvalue weighted by Crippen LogP contribution is -2.29. The Morgan fingerprint density at radius 1 is 1.27 bits per heavy atom. The van der Waals surface area contributed by atoms with Crippen LogP contribution >= 0.6 is 0 Å². The van der Waals surface area contributed by atoms with E-state index < -0.39 is 0 Å². The highest BCUT2D eigenvalue weighted by atomic mass is 15.2. The second-order valence-corrected chi connectivity index (χ2v) is 4.26. The van der Waals surface area contributed by atoms with E-state index in [4.69, 9.17) is 5.84 Å². The molecule has 0 amide bonds. The van der Waals surface area contributed by atoms with Crippen LogP contribution in [0.4, 0.5) is 0 Å². The normalized spacial score (nSPS) is 14.9.